The van der Waals surface area contributed by atoms with E-state index in [-0.39, 0.29) is 11.8 Å². The summed E-state index contributed by atoms with van der Waals surface area (Å²) in [5.74, 6) is 2.48. The molecule has 1 N–H and O–H groups in total. The Morgan fingerprint density at radius 3 is 2.62 bits per heavy atom. The molecule has 0 saturated heterocycles. The lowest BCUT2D eigenvalue weighted by molar-refractivity contribution is 0.410. The Morgan fingerprint density at radius 2 is 1.84 bits per heavy atom. The number of nitrogens with zero attached hydrogens (tertiary/aromatic N) is 6. The van der Waals surface area contributed by atoms with E-state index in [4.69, 9.17) is 11.2 Å². The van der Waals surface area contributed by atoms with Gasteiger partial charge in [-0.2, -0.15) is 0 Å². The predicted molar refractivity (Wildman–Crippen MR) is 139 cm³/mol. The normalized spacial score (nSPS) is 11.2. The minimum atomic E-state index is -0.540. The van der Waals surface area contributed by atoms with Crippen LogP contribution < -0.4 is 4.74 Å². The van der Waals surface area contributed by atoms with Crippen molar-refractivity contribution in [1.82, 2.24) is 34.5 Å². The highest BCUT2D eigenvalue weighted by Crippen LogP contribution is 2.42. The van der Waals surface area contributed by atoms with E-state index in [1.165, 1.54) is 12.4 Å². The Labute approximate surface area is 211 Å². The third kappa shape index (κ3) is 3.76. The van der Waals surface area contributed by atoms with Gasteiger partial charge in [0.25, 0.3) is 0 Å². The molecule has 0 bridgehead atoms. The van der Waals surface area contributed by atoms with Gasteiger partial charge in [-0.05, 0) is 55.7 Å². The van der Waals surface area contributed by atoms with Crippen molar-refractivity contribution in [2.75, 3.05) is 0 Å². The summed E-state index contributed by atoms with van der Waals surface area (Å²) < 4.78 is 23.0. The molecule has 0 fully saturated rings. The number of imidazole rings is 1. The zero-order chi connectivity index (χ0) is 25.7. The molecule has 0 radical (unpaired) electrons. The largest absolute Gasteiger partial charge is 0.421 e. The quantitative estimate of drug-likeness (QED) is 0.329. The molecule has 4 heterocycles. The molecule has 0 amide bonds. The number of rotatable bonds is 4. The lowest BCUT2D eigenvalue weighted by Crippen LogP contribution is -1.96. The smallest absolute Gasteiger partial charge is 0.322 e. The van der Waals surface area contributed by atoms with Crippen molar-refractivity contribution < 1.29 is 9.13 Å². The van der Waals surface area contributed by atoms with Crippen molar-refractivity contribution in [3.05, 3.63) is 78.0 Å². The molecule has 2 aromatic carbocycles. The monoisotopic (exact) mass is 489 g/mol. The molecule has 37 heavy (non-hydrogen) atoms. The fraction of sp³-hybridized carbons (Fsp3) is 0.107. The zero-order valence-electron chi connectivity index (χ0n) is 20.2. The number of terminal acetylenes is 1. The van der Waals surface area contributed by atoms with E-state index in [0.29, 0.717) is 11.4 Å². The molecule has 6 rings (SSSR count). The molecule has 0 aliphatic rings. The van der Waals surface area contributed by atoms with E-state index in [1.807, 2.05) is 49.7 Å². The third-order valence-corrected chi connectivity index (χ3v) is 6.24. The fourth-order valence-electron chi connectivity index (χ4n) is 4.55. The average Bonchev–Trinajstić information content (AvgIpc) is 3.44. The molecule has 180 valence electrons. The minimum Gasteiger partial charge on any atom is -0.421 e. The second-order valence-electron chi connectivity index (χ2n) is 8.63. The van der Waals surface area contributed by atoms with Gasteiger partial charge in [-0.3, -0.25) is 0 Å². The van der Waals surface area contributed by atoms with E-state index in [9.17, 15) is 0 Å². The van der Waals surface area contributed by atoms with Gasteiger partial charge in [0.15, 0.2) is 17.4 Å². The third-order valence-electron chi connectivity index (χ3n) is 6.24. The second kappa shape index (κ2) is 8.53. The number of H-pyrrole nitrogens is 1. The first kappa shape index (κ1) is 22.4. The molecule has 4 aromatic heterocycles. The van der Waals surface area contributed by atoms with E-state index in [0.717, 1.165) is 50.3 Å². The van der Waals surface area contributed by atoms with Crippen LogP contribution in [-0.4, -0.2) is 34.5 Å². The Hall–Kier alpha value is -5.10. The second-order valence-corrected chi connectivity index (χ2v) is 8.63. The molecule has 8 nitrogen and oxygen atoms in total. The summed E-state index contributed by atoms with van der Waals surface area (Å²) in [7, 11) is 1.93. The molecule has 0 saturated carbocycles. The van der Waals surface area contributed by atoms with Crippen LogP contribution in [-0.2, 0) is 7.05 Å². The van der Waals surface area contributed by atoms with Crippen LogP contribution in [0.25, 0.3) is 44.5 Å². The van der Waals surface area contributed by atoms with Crippen molar-refractivity contribution in [2.45, 2.75) is 13.8 Å². The van der Waals surface area contributed by atoms with E-state index < -0.39 is 5.82 Å². The van der Waals surface area contributed by atoms with Crippen LogP contribution >= 0.6 is 0 Å². The van der Waals surface area contributed by atoms with Crippen molar-refractivity contribution in [3.63, 3.8) is 0 Å². The molecule has 0 unspecified atom stereocenters. The van der Waals surface area contributed by atoms with Crippen LogP contribution in [0.15, 0.2) is 55.0 Å². The van der Waals surface area contributed by atoms with Crippen molar-refractivity contribution in [3.8, 4) is 46.5 Å². The number of aryl methyl sites for hydroxylation is 3. The van der Waals surface area contributed by atoms with Gasteiger partial charge in [0.2, 0.25) is 0 Å². The van der Waals surface area contributed by atoms with Gasteiger partial charge < -0.3 is 14.3 Å². The molecule has 9 heteroatoms. The number of nitrogens with one attached hydrogen (secondary N) is 1. The van der Waals surface area contributed by atoms with Gasteiger partial charge in [0.05, 0.1) is 22.4 Å². The lowest BCUT2D eigenvalue weighted by Gasteiger charge is -2.11. The first-order chi connectivity index (χ1) is 17.9. The summed E-state index contributed by atoms with van der Waals surface area (Å²) in [5, 5.41) is 0.835. The molecule has 0 aliphatic carbocycles. The number of aromatic nitrogens is 7. The van der Waals surface area contributed by atoms with Crippen LogP contribution in [0.2, 0.25) is 0 Å². The number of hydrogen-bond acceptors (Lipinski definition) is 6. The highest BCUT2D eigenvalue weighted by Gasteiger charge is 2.23. The highest BCUT2D eigenvalue weighted by atomic mass is 19.1. The van der Waals surface area contributed by atoms with E-state index in [2.05, 4.69) is 35.8 Å². The summed E-state index contributed by atoms with van der Waals surface area (Å²) in [6.07, 6.45) is 8.62. The highest BCUT2D eigenvalue weighted by molar-refractivity contribution is 6.05. The molecular weight excluding hydrogens is 469 g/mol. The van der Waals surface area contributed by atoms with Gasteiger partial charge in [0, 0.05) is 35.5 Å². The fourth-order valence-corrected chi connectivity index (χ4v) is 4.55. The SMILES string of the molecule is C#Cc1nc2cc(-c3c(-c4ccc(Oc5nccc(C)n5)c(F)c4)c4c(C)ncnc4n3C)ccc2[nH]1. The number of ether oxygens (including phenoxy) is 1. The lowest BCUT2D eigenvalue weighted by atomic mass is 9.97. The summed E-state index contributed by atoms with van der Waals surface area (Å²) in [4.78, 5) is 24.8. The standard InChI is InChI=1S/C28H20FN7O/c1-5-23-34-20-8-6-18(13-21(20)35-23)26-25(24-16(3)31-14-32-27(24)36(26)4)17-7-9-22(19(29)12-17)37-28-30-11-10-15(2)33-28/h1,6-14H,2-4H3,(H,34,35). The van der Waals surface area contributed by atoms with Gasteiger partial charge in [-0.15, -0.1) is 6.42 Å². The molecular formula is C28H20FN7O. The number of aromatic amines is 1. The summed E-state index contributed by atoms with van der Waals surface area (Å²) in [6, 6.07) is 12.5. The Balaban J connectivity index is 1.54. The van der Waals surface area contributed by atoms with Gasteiger partial charge in [-0.1, -0.05) is 12.1 Å². The van der Waals surface area contributed by atoms with Crippen molar-refractivity contribution in [2.24, 2.45) is 7.05 Å². The maximum atomic E-state index is 15.4. The Morgan fingerprint density at radius 1 is 1.00 bits per heavy atom. The minimum absolute atomic E-state index is 0.0314. The first-order valence-electron chi connectivity index (χ1n) is 11.5. The van der Waals surface area contributed by atoms with Gasteiger partial charge >= 0.3 is 6.01 Å². The van der Waals surface area contributed by atoms with Crippen LogP contribution in [0.4, 0.5) is 4.39 Å². The summed E-state index contributed by atoms with van der Waals surface area (Å²) in [6.45, 7) is 3.73. The number of hydrogen-bond donors (Lipinski definition) is 1. The predicted octanol–water partition coefficient (Wildman–Crippen LogP) is 5.50. The summed E-state index contributed by atoms with van der Waals surface area (Å²) in [5.41, 5.74) is 6.99. The maximum absolute atomic E-state index is 15.4. The van der Waals surface area contributed by atoms with Crippen LogP contribution in [0.3, 0.4) is 0 Å². The number of benzene rings is 2. The van der Waals surface area contributed by atoms with Crippen LogP contribution in [0.1, 0.15) is 17.2 Å². The van der Waals surface area contributed by atoms with Gasteiger partial charge in [-0.25, -0.2) is 29.3 Å². The number of fused-ring (bicyclic) bond motifs is 2. The molecule has 0 spiro atoms. The van der Waals surface area contributed by atoms with E-state index in [1.54, 1.807) is 18.3 Å². The first-order valence-corrected chi connectivity index (χ1v) is 11.5. The van der Waals surface area contributed by atoms with E-state index >= 15 is 4.39 Å². The Bertz CT molecular complexity index is 1880. The molecule has 0 atom stereocenters. The van der Waals surface area contributed by atoms with Crippen molar-refractivity contribution >= 4 is 22.1 Å². The Kier molecular flexibility index (Phi) is 5.16. The summed E-state index contributed by atoms with van der Waals surface area (Å²) >= 11 is 0. The van der Waals surface area contributed by atoms with Gasteiger partial charge in [0.1, 0.15) is 12.0 Å². The topological polar surface area (TPSA) is 94.4 Å². The molecule has 6 aromatic rings. The number of halogens is 1. The molecule has 0 aliphatic heterocycles. The maximum Gasteiger partial charge on any atom is 0.322 e. The van der Waals surface area contributed by atoms with Crippen LogP contribution in [0, 0.1) is 32.0 Å². The zero-order valence-corrected chi connectivity index (χ0v) is 20.2. The van der Waals surface area contributed by atoms with Crippen LogP contribution in [0.5, 0.6) is 11.8 Å². The van der Waals surface area contributed by atoms with Crippen molar-refractivity contribution in [1.29, 1.82) is 0 Å². The average molecular weight is 490 g/mol.